The van der Waals surface area contributed by atoms with Crippen LogP contribution >= 0.6 is 0 Å². The van der Waals surface area contributed by atoms with E-state index in [0.717, 1.165) is 16.9 Å². The van der Waals surface area contributed by atoms with Crippen LogP contribution in [0.25, 0.3) is 28.5 Å². The van der Waals surface area contributed by atoms with Gasteiger partial charge in [-0.1, -0.05) is 29.5 Å². The Morgan fingerprint density at radius 2 is 1.67 bits per heavy atom. The lowest BCUT2D eigenvalue weighted by atomic mass is 10.2. The van der Waals surface area contributed by atoms with Gasteiger partial charge < -0.3 is 4.57 Å². The summed E-state index contributed by atoms with van der Waals surface area (Å²) in [6, 6.07) is 17.8. The smallest absolute Gasteiger partial charge is 0.346 e. The summed E-state index contributed by atoms with van der Waals surface area (Å²) in [5.41, 5.74) is 4.06. The van der Waals surface area contributed by atoms with Crippen LogP contribution in [-0.2, 0) is 13.1 Å². The van der Waals surface area contributed by atoms with Crippen LogP contribution in [0.15, 0.2) is 96.4 Å². The van der Waals surface area contributed by atoms with Crippen molar-refractivity contribution in [3.63, 3.8) is 0 Å². The molecule has 2 aliphatic rings. The zero-order valence-electron chi connectivity index (χ0n) is 18.9. The van der Waals surface area contributed by atoms with Gasteiger partial charge in [0, 0.05) is 24.8 Å². The first kappa shape index (κ1) is 21.5. The number of hydrogen-bond donors (Lipinski definition) is 0. The minimum Gasteiger partial charge on any atom is -0.346 e. The average molecular weight is 478 g/mol. The van der Waals surface area contributed by atoms with Crippen molar-refractivity contribution in [3.05, 3.63) is 119 Å². The summed E-state index contributed by atoms with van der Waals surface area (Å²) in [6.45, 7) is 0.928. The third-order valence-corrected chi connectivity index (χ3v) is 5.76. The molecule has 0 bridgehead atoms. The predicted molar refractivity (Wildman–Crippen MR) is 130 cm³/mol. The third kappa shape index (κ3) is 4.27. The number of fused-ring (bicyclic) bond motifs is 1. The molecule has 6 rings (SSSR count). The highest BCUT2D eigenvalue weighted by Crippen LogP contribution is 2.26. The van der Waals surface area contributed by atoms with Crippen molar-refractivity contribution < 1.29 is 4.39 Å². The molecule has 4 heterocycles. The molecular formula is C26H19FN8O. The Morgan fingerprint density at radius 3 is 2.50 bits per heavy atom. The lowest BCUT2D eigenvalue weighted by Crippen LogP contribution is -2.21. The van der Waals surface area contributed by atoms with Crippen molar-refractivity contribution >= 4 is 0 Å². The van der Waals surface area contributed by atoms with E-state index in [1.807, 2.05) is 53.5 Å². The highest BCUT2D eigenvalue weighted by atomic mass is 19.1. The maximum Gasteiger partial charge on any atom is 0.347 e. The van der Waals surface area contributed by atoms with Gasteiger partial charge >= 0.3 is 5.69 Å². The summed E-state index contributed by atoms with van der Waals surface area (Å²) in [5.74, 6) is 0.0138. The van der Waals surface area contributed by atoms with Crippen LogP contribution in [0.5, 0.6) is 0 Å². The Hall–Kier alpha value is -4.99. The van der Waals surface area contributed by atoms with Crippen molar-refractivity contribution in [3.8, 4) is 28.5 Å². The molecule has 0 saturated heterocycles. The molecule has 0 atom stereocenters. The summed E-state index contributed by atoms with van der Waals surface area (Å²) < 4.78 is 19.3. The number of imidazole rings is 1. The maximum absolute atomic E-state index is 14.1. The van der Waals surface area contributed by atoms with Gasteiger partial charge in [0.05, 0.1) is 36.2 Å². The highest BCUT2D eigenvalue weighted by molar-refractivity contribution is 5.65. The maximum atomic E-state index is 14.1. The van der Waals surface area contributed by atoms with Crippen LogP contribution in [0.3, 0.4) is 0 Å². The highest BCUT2D eigenvalue weighted by Gasteiger charge is 2.15. The molecule has 0 unspecified atom stereocenters. The molecule has 0 spiro atoms. The van der Waals surface area contributed by atoms with E-state index in [2.05, 4.69) is 25.3 Å². The second-order valence-electron chi connectivity index (χ2n) is 8.27. The summed E-state index contributed by atoms with van der Waals surface area (Å²) in [7, 11) is 0. The molecule has 0 fully saturated rings. The molecule has 0 amide bonds. The van der Waals surface area contributed by atoms with E-state index in [0.29, 0.717) is 35.9 Å². The molecule has 0 radical (unpaired) electrons. The Morgan fingerprint density at radius 1 is 0.833 bits per heavy atom. The number of hydrogen-bond acceptors (Lipinski definition) is 6. The third-order valence-electron chi connectivity index (χ3n) is 5.76. The molecule has 2 aliphatic heterocycles. The summed E-state index contributed by atoms with van der Waals surface area (Å²) in [5, 5.41) is 8.53. The zero-order chi connectivity index (χ0) is 24.5. The monoisotopic (exact) mass is 478 g/mol. The van der Waals surface area contributed by atoms with E-state index in [1.165, 1.54) is 12.3 Å². The van der Waals surface area contributed by atoms with Gasteiger partial charge in [0.25, 0.3) is 0 Å². The summed E-state index contributed by atoms with van der Waals surface area (Å²) in [6.07, 6.45) is 8.80. The summed E-state index contributed by atoms with van der Waals surface area (Å²) in [4.78, 5) is 24.6. The van der Waals surface area contributed by atoms with E-state index in [1.54, 1.807) is 39.7 Å². The SMILES string of the molecule is O=c1ncccn1Cc1ccc(-n2cc(Cn3ccc4nc(-c5ccccc5F)nc-4c3)nn2)cc1. The fourth-order valence-corrected chi connectivity index (χ4v) is 3.96. The molecule has 2 aromatic heterocycles. The fourth-order valence-electron chi connectivity index (χ4n) is 3.96. The number of benzene rings is 2. The fraction of sp³-hybridized carbons (Fsp3) is 0.0769. The average Bonchev–Trinajstić information content (AvgIpc) is 3.53. The van der Waals surface area contributed by atoms with Crippen LogP contribution in [0.1, 0.15) is 11.3 Å². The van der Waals surface area contributed by atoms with Crippen molar-refractivity contribution in [1.82, 2.24) is 39.1 Å². The van der Waals surface area contributed by atoms with Gasteiger partial charge in [0.2, 0.25) is 0 Å². The Kier molecular flexibility index (Phi) is 5.38. The molecule has 9 nitrogen and oxygen atoms in total. The predicted octanol–water partition coefficient (Wildman–Crippen LogP) is 3.42. The minimum atomic E-state index is -0.351. The van der Waals surface area contributed by atoms with Crippen LogP contribution in [0.4, 0.5) is 4.39 Å². The lowest BCUT2D eigenvalue weighted by Gasteiger charge is -2.06. The second kappa shape index (κ2) is 8.99. The van der Waals surface area contributed by atoms with Crippen LogP contribution < -0.4 is 5.69 Å². The van der Waals surface area contributed by atoms with Crippen molar-refractivity contribution in [1.29, 1.82) is 0 Å². The first-order chi connectivity index (χ1) is 17.6. The van der Waals surface area contributed by atoms with Gasteiger partial charge in [0.1, 0.15) is 17.2 Å². The Balaban J connectivity index is 1.18. The van der Waals surface area contributed by atoms with Gasteiger partial charge in [-0.2, -0.15) is 0 Å². The molecule has 10 heteroatoms. The minimum absolute atomic E-state index is 0.283. The first-order valence-corrected chi connectivity index (χ1v) is 11.2. The van der Waals surface area contributed by atoms with Gasteiger partial charge in [-0.3, -0.25) is 4.57 Å². The topological polar surface area (TPSA) is 96.3 Å². The molecule has 0 aliphatic carbocycles. The van der Waals surface area contributed by atoms with E-state index in [4.69, 9.17) is 0 Å². The quantitative estimate of drug-likeness (QED) is 0.364. The van der Waals surface area contributed by atoms with Gasteiger partial charge in [-0.25, -0.2) is 28.8 Å². The standard InChI is InChI=1S/C26H19FN8O/c27-22-5-2-1-4-21(22)25-29-23-10-13-33(17-24(23)30-25)15-19-16-35(32-31-19)20-8-6-18(7-9-20)14-34-12-3-11-28-26(34)36/h1-13,16-17H,14-15H2. The van der Waals surface area contributed by atoms with Crippen molar-refractivity contribution in [2.45, 2.75) is 13.1 Å². The molecule has 176 valence electrons. The largest absolute Gasteiger partial charge is 0.347 e. The number of nitrogens with zero attached hydrogens (tertiary/aromatic N) is 8. The lowest BCUT2D eigenvalue weighted by molar-refractivity contribution is 0.630. The number of aromatic nitrogens is 8. The summed E-state index contributed by atoms with van der Waals surface area (Å²) >= 11 is 0. The Labute approximate surface area is 204 Å². The van der Waals surface area contributed by atoms with Crippen LogP contribution in [0, 0.1) is 5.82 Å². The molecule has 0 N–H and O–H groups in total. The van der Waals surface area contributed by atoms with Crippen molar-refractivity contribution in [2.75, 3.05) is 0 Å². The molecule has 36 heavy (non-hydrogen) atoms. The normalized spacial score (nSPS) is 11.2. The zero-order valence-corrected chi connectivity index (χ0v) is 18.9. The molecular weight excluding hydrogens is 459 g/mol. The van der Waals surface area contributed by atoms with Crippen LogP contribution in [-0.4, -0.2) is 39.1 Å². The molecule has 4 aromatic rings. The molecule has 2 aromatic carbocycles. The van der Waals surface area contributed by atoms with E-state index < -0.39 is 0 Å². The number of pyridine rings is 1. The number of rotatable bonds is 6. The van der Waals surface area contributed by atoms with Crippen molar-refractivity contribution in [2.24, 2.45) is 0 Å². The van der Waals surface area contributed by atoms with E-state index in [-0.39, 0.29) is 11.5 Å². The van der Waals surface area contributed by atoms with Crippen LogP contribution in [0.2, 0.25) is 0 Å². The van der Waals surface area contributed by atoms with E-state index in [9.17, 15) is 9.18 Å². The number of halogens is 1. The first-order valence-electron chi connectivity index (χ1n) is 11.2. The second-order valence-corrected chi connectivity index (χ2v) is 8.27. The Bertz CT molecular complexity index is 1680. The van der Waals surface area contributed by atoms with Gasteiger partial charge in [-0.15, -0.1) is 5.10 Å². The van der Waals surface area contributed by atoms with E-state index >= 15 is 0 Å². The van der Waals surface area contributed by atoms with Gasteiger partial charge in [0.15, 0.2) is 5.82 Å². The van der Waals surface area contributed by atoms with Gasteiger partial charge in [-0.05, 0) is 42.0 Å². The molecule has 0 saturated carbocycles.